The highest BCUT2D eigenvalue weighted by Gasteiger charge is 2.32. The molecule has 1 fully saturated rings. The predicted octanol–water partition coefficient (Wildman–Crippen LogP) is 3.97. The van der Waals surface area contributed by atoms with E-state index in [2.05, 4.69) is 25.4 Å². The molecule has 0 bridgehead atoms. The molecule has 8 nitrogen and oxygen atoms in total. The van der Waals surface area contributed by atoms with Gasteiger partial charge in [0.15, 0.2) is 0 Å². The van der Waals surface area contributed by atoms with Crippen LogP contribution in [0.2, 0.25) is 0 Å². The van der Waals surface area contributed by atoms with E-state index in [1.165, 1.54) is 19.3 Å². The first-order valence-electron chi connectivity index (χ1n) is 13.0. The van der Waals surface area contributed by atoms with Crippen LogP contribution >= 0.6 is 0 Å². The number of likely N-dealkylation sites (N-methyl/N-ethyl adjacent to an activating group) is 1. The molecule has 0 radical (unpaired) electrons. The van der Waals surface area contributed by atoms with Crippen molar-refractivity contribution in [3.05, 3.63) is 88.7 Å². The van der Waals surface area contributed by atoms with Crippen LogP contribution in [0.15, 0.2) is 60.8 Å². The van der Waals surface area contributed by atoms with Crippen LogP contribution in [0.1, 0.15) is 37.5 Å². The molecule has 212 valence electrons. The number of pyridine rings is 1. The van der Waals surface area contributed by atoms with Gasteiger partial charge in [-0.2, -0.15) is 13.2 Å². The minimum atomic E-state index is -4.55. The molecular formula is C29H32F3N5O3. The third-order valence-electron chi connectivity index (χ3n) is 6.61. The molecule has 40 heavy (non-hydrogen) atoms. The summed E-state index contributed by atoms with van der Waals surface area (Å²) in [5.41, 5.74) is 0.703. The Bertz CT molecular complexity index is 1340. The van der Waals surface area contributed by atoms with Gasteiger partial charge in [0.2, 0.25) is 0 Å². The molecule has 1 saturated heterocycles. The lowest BCUT2D eigenvalue weighted by molar-refractivity contribution is -0.137. The van der Waals surface area contributed by atoms with Crippen molar-refractivity contribution in [3.63, 3.8) is 0 Å². The molecule has 1 aliphatic rings. The molecule has 4 rings (SSSR count). The van der Waals surface area contributed by atoms with Crippen molar-refractivity contribution in [2.75, 3.05) is 46.8 Å². The third kappa shape index (κ3) is 8.03. The van der Waals surface area contributed by atoms with Crippen LogP contribution in [-0.2, 0) is 19.1 Å². The Hall–Kier alpha value is -3.96. The zero-order valence-electron chi connectivity index (χ0n) is 22.4. The Morgan fingerprint density at radius 3 is 2.42 bits per heavy atom. The zero-order chi connectivity index (χ0) is 28.7. The third-order valence-corrected chi connectivity index (χ3v) is 6.61. The van der Waals surface area contributed by atoms with E-state index in [-0.39, 0.29) is 23.7 Å². The van der Waals surface area contributed by atoms with Crippen molar-refractivity contribution in [1.82, 2.24) is 25.4 Å². The van der Waals surface area contributed by atoms with E-state index < -0.39 is 17.6 Å². The molecule has 3 aromatic rings. The number of amides is 2. The maximum Gasteiger partial charge on any atom is 0.416 e. The van der Waals surface area contributed by atoms with Gasteiger partial charge in [-0.25, -0.2) is 0 Å². The number of halogens is 3. The molecule has 11 heteroatoms. The first-order valence-corrected chi connectivity index (χ1v) is 13.0. The second-order valence-electron chi connectivity index (χ2n) is 9.71. The van der Waals surface area contributed by atoms with Gasteiger partial charge in [0.1, 0.15) is 17.2 Å². The largest absolute Gasteiger partial charge is 0.457 e. The lowest BCUT2D eigenvalue weighted by Gasteiger charge is -2.32. The van der Waals surface area contributed by atoms with E-state index in [4.69, 9.17) is 4.74 Å². The molecule has 2 heterocycles. The summed E-state index contributed by atoms with van der Waals surface area (Å²) in [6, 6.07) is 13.9. The smallest absolute Gasteiger partial charge is 0.416 e. The van der Waals surface area contributed by atoms with Crippen LogP contribution in [0.3, 0.4) is 0 Å². The van der Waals surface area contributed by atoms with Gasteiger partial charge >= 0.3 is 6.18 Å². The van der Waals surface area contributed by atoms with Crippen LogP contribution < -0.4 is 15.4 Å². The first-order chi connectivity index (χ1) is 19.1. The second kappa shape index (κ2) is 12.9. The minimum absolute atomic E-state index is 0.0133. The number of nitrogens with zero attached hydrogens (tertiary/aromatic N) is 3. The van der Waals surface area contributed by atoms with Crippen molar-refractivity contribution in [3.8, 4) is 11.5 Å². The van der Waals surface area contributed by atoms with E-state index in [1.54, 1.807) is 30.3 Å². The Labute approximate surface area is 231 Å². The number of alkyl halides is 3. The molecule has 0 aliphatic carbocycles. The molecule has 0 atom stereocenters. The molecule has 1 aromatic heterocycles. The van der Waals surface area contributed by atoms with E-state index in [0.717, 1.165) is 43.9 Å². The Kier molecular flexibility index (Phi) is 9.38. The van der Waals surface area contributed by atoms with Crippen LogP contribution in [0, 0.1) is 0 Å². The van der Waals surface area contributed by atoms with Gasteiger partial charge < -0.3 is 20.3 Å². The summed E-state index contributed by atoms with van der Waals surface area (Å²) in [7, 11) is 3.53. The molecule has 2 amide bonds. The van der Waals surface area contributed by atoms with Gasteiger partial charge in [-0.1, -0.05) is 12.1 Å². The fourth-order valence-corrected chi connectivity index (χ4v) is 4.39. The summed E-state index contributed by atoms with van der Waals surface area (Å²) in [5, 5.41) is 5.25. The molecule has 1 aliphatic heterocycles. The van der Waals surface area contributed by atoms with Gasteiger partial charge in [0, 0.05) is 64.1 Å². The lowest BCUT2D eigenvalue weighted by Crippen LogP contribution is -2.43. The number of carbonyl (C=O) groups excluding carboxylic acids is 2. The van der Waals surface area contributed by atoms with Crippen molar-refractivity contribution in [1.29, 1.82) is 0 Å². The summed E-state index contributed by atoms with van der Waals surface area (Å²) in [5.74, 6) is 0.0825. The predicted molar refractivity (Wildman–Crippen MR) is 144 cm³/mol. The molecular weight excluding hydrogens is 523 g/mol. The maximum absolute atomic E-state index is 13.6. The molecule has 0 saturated carbocycles. The second-order valence-corrected chi connectivity index (χ2v) is 9.71. The summed E-state index contributed by atoms with van der Waals surface area (Å²) < 4.78 is 46.7. The van der Waals surface area contributed by atoms with Crippen LogP contribution in [0.25, 0.3) is 0 Å². The van der Waals surface area contributed by atoms with Crippen molar-refractivity contribution in [2.45, 2.75) is 19.1 Å². The normalized spacial score (nSPS) is 14.5. The number of carbonyl (C=O) groups is 2. The van der Waals surface area contributed by atoms with Gasteiger partial charge in [-0.3, -0.25) is 19.5 Å². The highest BCUT2D eigenvalue weighted by molar-refractivity contribution is 5.94. The summed E-state index contributed by atoms with van der Waals surface area (Å²) in [6.07, 6.45) is -2.64. The number of aromatic nitrogens is 1. The van der Waals surface area contributed by atoms with Gasteiger partial charge in [0.05, 0.1) is 5.56 Å². The number of hydrogen-bond donors (Lipinski definition) is 2. The Morgan fingerprint density at radius 1 is 0.950 bits per heavy atom. The monoisotopic (exact) mass is 555 g/mol. The summed E-state index contributed by atoms with van der Waals surface area (Å²) >= 11 is 0. The standard InChI is InChI=1S/C29H32F3N5O3/c1-33-28(39)26-18-25(7-9-34-26)40-24-5-3-4-20(16-24)6-8-35-27(38)22-14-21(15-23(17-22)29(30,31)32)19-37-12-10-36(2)11-13-37/h3-5,7,9,14-18H,6,8,10-13,19H2,1-2H3,(H,33,39)(H,35,38). The van der Waals surface area contributed by atoms with Gasteiger partial charge in [0.25, 0.3) is 11.8 Å². The minimum Gasteiger partial charge on any atom is -0.457 e. The van der Waals surface area contributed by atoms with Crippen molar-refractivity contribution in [2.24, 2.45) is 0 Å². The molecule has 0 spiro atoms. The first kappa shape index (κ1) is 29.0. The van der Waals surface area contributed by atoms with Gasteiger partial charge in [-0.15, -0.1) is 0 Å². The SMILES string of the molecule is CNC(=O)c1cc(Oc2cccc(CCNC(=O)c3cc(CN4CCN(C)CC4)cc(C(F)(F)F)c3)c2)ccn1. The Balaban J connectivity index is 1.38. The molecule has 2 aromatic carbocycles. The number of ether oxygens (including phenoxy) is 1. The van der Waals surface area contributed by atoms with Crippen LogP contribution in [0.5, 0.6) is 11.5 Å². The molecule has 2 N–H and O–H groups in total. The van der Waals surface area contributed by atoms with Crippen molar-refractivity contribution < 1.29 is 27.5 Å². The van der Waals surface area contributed by atoms with E-state index in [9.17, 15) is 22.8 Å². The fourth-order valence-electron chi connectivity index (χ4n) is 4.39. The Morgan fingerprint density at radius 2 is 1.70 bits per heavy atom. The lowest BCUT2D eigenvalue weighted by atomic mass is 10.0. The molecule has 0 unspecified atom stereocenters. The number of rotatable bonds is 9. The number of benzene rings is 2. The number of nitrogens with one attached hydrogen (secondary N) is 2. The topological polar surface area (TPSA) is 86.8 Å². The highest BCUT2D eigenvalue weighted by Crippen LogP contribution is 2.31. The highest BCUT2D eigenvalue weighted by atomic mass is 19.4. The fraction of sp³-hybridized carbons (Fsp3) is 0.345. The number of piperazine rings is 1. The zero-order valence-corrected chi connectivity index (χ0v) is 22.4. The quantitative estimate of drug-likeness (QED) is 0.416. The maximum atomic E-state index is 13.6. The van der Waals surface area contributed by atoms with Gasteiger partial charge in [-0.05, 0) is 61.0 Å². The summed E-state index contributed by atoms with van der Waals surface area (Å²) in [6.45, 7) is 3.78. The average molecular weight is 556 g/mol. The van der Waals surface area contributed by atoms with Crippen LogP contribution in [-0.4, -0.2) is 73.4 Å². The average Bonchev–Trinajstić information content (AvgIpc) is 2.93. The van der Waals surface area contributed by atoms with Crippen molar-refractivity contribution >= 4 is 11.8 Å². The van der Waals surface area contributed by atoms with E-state index in [0.29, 0.717) is 30.0 Å². The van der Waals surface area contributed by atoms with E-state index in [1.807, 2.05) is 13.1 Å². The summed E-state index contributed by atoms with van der Waals surface area (Å²) in [4.78, 5) is 32.9. The number of hydrogen-bond acceptors (Lipinski definition) is 6. The van der Waals surface area contributed by atoms with Crippen LogP contribution in [0.4, 0.5) is 13.2 Å². The van der Waals surface area contributed by atoms with E-state index >= 15 is 0 Å².